The van der Waals surface area contributed by atoms with Crippen LogP contribution in [0.5, 0.6) is 5.75 Å². The van der Waals surface area contributed by atoms with Gasteiger partial charge in [-0.1, -0.05) is 0 Å². The number of nitrogens with one attached hydrogen (secondary N) is 1. The number of halogens is 1. The summed E-state index contributed by atoms with van der Waals surface area (Å²) in [5.41, 5.74) is 0.219. The highest BCUT2D eigenvalue weighted by Crippen LogP contribution is 2.49. The Morgan fingerprint density at radius 1 is 1.44 bits per heavy atom. The van der Waals surface area contributed by atoms with Crippen LogP contribution >= 0.6 is 11.8 Å². The number of benzene rings is 1. The predicted molar refractivity (Wildman–Crippen MR) is 68.8 cm³/mol. The van der Waals surface area contributed by atoms with Crippen LogP contribution in [0.1, 0.15) is 26.3 Å². The second-order valence-corrected chi connectivity index (χ2v) is 5.09. The first-order valence-corrected chi connectivity index (χ1v) is 5.75. The SMILES string of the molecule is CC(=O)Nc1ccc2c(c1O)C(C)(C)C(=O)N2Cl. The van der Waals surface area contributed by atoms with Gasteiger partial charge in [-0.15, -0.1) is 0 Å². The lowest BCUT2D eigenvalue weighted by molar-refractivity contribution is -0.121. The van der Waals surface area contributed by atoms with Gasteiger partial charge in [-0.3, -0.25) is 9.59 Å². The number of carbonyl (C=O) groups excluding carboxylic acids is 2. The number of rotatable bonds is 1. The molecule has 0 unspecified atom stereocenters. The minimum Gasteiger partial charge on any atom is -0.505 e. The molecule has 0 bridgehead atoms. The number of carbonyl (C=O) groups is 2. The second kappa shape index (κ2) is 3.88. The van der Waals surface area contributed by atoms with Gasteiger partial charge in [-0.05, 0) is 26.0 Å². The maximum absolute atomic E-state index is 12.0. The van der Waals surface area contributed by atoms with Gasteiger partial charge in [0.2, 0.25) is 5.91 Å². The Morgan fingerprint density at radius 2 is 2.06 bits per heavy atom. The zero-order valence-corrected chi connectivity index (χ0v) is 11.0. The van der Waals surface area contributed by atoms with Gasteiger partial charge in [-0.25, -0.2) is 4.42 Å². The van der Waals surface area contributed by atoms with E-state index >= 15 is 0 Å². The molecule has 96 valence electrons. The first-order chi connectivity index (χ1) is 8.26. The van der Waals surface area contributed by atoms with Gasteiger partial charge in [-0.2, -0.15) is 0 Å². The van der Waals surface area contributed by atoms with E-state index in [1.54, 1.807) is 19.9 Å². The number of anilines is 2. The molecule has 0 aliphatic carbocycles. The quantitative estimate of drug-likeness (QED) is 0.605. The summed E-state index contributed by atoms with van der Waals surface area (Å²) >= 11 is 5.89. The Labute approximate surface area is 109 Å². The number of phenolic OH excluding ortho intramolecular Hbond substituents is 1. The Hall–Kier alpha value is -1.75. The molecule has 0 atom stereocenters. The molecule has 0 radical (unpaired) electrons. The van der Waals surface area contributed by atoms with Gasteiger partial charge in [0.15, 0.2) is 0 Å². The maximum Gasteiger partial charge on any atom is 0.251 e. The lowest BCUT2D eigenvalue weighted by atomic mass is 9.85. The highest BCUT2D eigenvalue weighted by molar-refractivity contribution is 6.40. The summed E-state index contributed by atoms with van der Waals surface area (Å²) in [5, 5.41) is 12.7. The van der Waals surface area contributed by atoms with E-state index in [0.717, 1.165) is 4.42 Å². The number of fused-ring (bicyclic) bond motifs is 1. The molecule has 2 N–H and O–H groups in total. The standard InChI is InChI=1S/C12H13ClN2O3/c1-6(16)14-7-4-5-8-9(10(7)17)12(2,3)11(18)15(8)13/h4-5,17H,1-3H3,(H,14,16). The fourth-order valence-electron chi connectivity index (χ4n) is 2.11. The molecule has 1 heterocycles. The number of phenols is 1. The fourth-order valence-corrected chi connectivity index (χ4v) is 2.46. The van der Waals surface area contributed by atoms with Crippen molar-refractivity contribution in [2.24, 2.45) is 0 Å². The van der Waals surface area contributed by atoms with Crippen LogP contribution in [0.15, 0.2) is 12.1 Å². The summed E-state index contributed by atoms with van der Waals surface area (Å²) in [6, 6.07) is 3.11. The van der Waals surface area contributed by atoms with Crippen molar-refractivity contribution in [3.8, 4) is 5.75 Å². The summed E-state index contributed by atoms with van der Waals surface area (Å²) < 4.78 is 0.993. The van der Waals surface area contributed by atoms with Crippen LogP contribution in [0, 0.1) is 0 Å². The van der Waals surface area contributed by atoms with Crippen molar-refractivity contribution in [3.63, 3.8) is 0 Å². The first-order valence-electron chi connectivity index (χ1n) is 5.41. The van der Waals surface area contributed by atoms with Gasteiger partial charge in [0, 0.05) is 24.3 Å². The summed E-state index contributed by atoms with van der Waals surface area (Å²) in [6.45, 7) is 4.69. The van der Waals surface area contributed by atoms with Gasteiger partial charge in [0.25, 0.3) is 5.91 Å². The normalized spacial score (nSPS) is 16.7. The molecule has 18 heavy (non-hydrogen) atoms. The molecule has 2 amide bonds. The number of hydrogen-bond acceptors (Lipinski definition) is 3. The second-order valence-electron chi connectivity index (χ2n) is 4.75. The lowest BCUT2D eigenvalue weighted by Crippen LogP contribution is -2.30. The predicted octanol–water partition coefficient (Wildman–Crippen LogP) is 2.13. The van der Waals surface area contributed by atoms with Gasteiger partial charge < -0.3 is 10.4 Å². The molecule has 1 aliphatic rings. The third kappa shape index (κ3) is 1.62. The minimum atomic E-state index is -0.921. The smallest absolute Gasteiger partial charge is 0.251 e. The van der Waals surface area contributed by atoms with Gasteiger partial charge in [0.1, 0.15) is 5.75 Å². The van der Waals surface area contributed by atoms with Crippen LogP contribution in [0.2, 0.25) is 0 Å². The first kappa shape index (κ1) is 12.7. The zero-order chi connectivity index (χ0) is 13.7. The molecule has 1 aliphatic heterocycles. The van der Waals surface area contributed by atoms with Crippen LogP contribution in [0.4, 0.5) is 11.4 Å². The van der Waals surface area contributed by atoms with Crippen molar-refractivity contribution in [1.82, 2.24) is 0 Å². The summed E-state index contributed by atoms with van der Waals surface area (Å²) in [7, 11) is 0. The molecule has 2 rings (SSSR count). The molecular formula is C12H13ClN2O3. The van der Waals surface area contributed by atoms with E-state index in [0.29, 0.717) is 11.3 Å². The molecule has 5 nitrogen and oxygen atoms in total. The number of nitrogens with zero attached hydrogens (tertiary/aromatic N) is 1. The molecule has 0 fully saturated rings. The fraction of sp³-hybridized carbons (Fsp3) is 0.333. The average molecular weight is 269 g/mol. The van der Waals surface area contributed by atoms with E-state index in [2.05, 4.69) is 5.32 Å². The van der Waals surface area contributed by atoms with Crippen molar-refractivity contribution >= 4 is 35.0 Å². The van der Waals surface area contributed by atoms with Crippen molar-refractivity contribution < 1.29 is 14.7 Å². The van der Waals surface area contributed by atoms with E-state index in [1.165, 1.54) is 13.0 Å². The van der Waals surface area contributed by atoms with Gasteiger partial charge >= 0.3 is 0 Å². The van der Waals surface area contributed by atoms with Crippen molar-refractivity contribution in [3.05, 3.63) is 17.7 Å². The number of amides is 2. The Balaban J connectivity index is 2.63. The van der Waals surface area contributed by atoms with E-state index < -0.39 is 5.41 Å². The molecule has 6 heteroatoms. The number of aromatic hydroxyl groups is 1. The van der Waals surface area contributed by atoms with E-state index in [9.17, 15) is 14.7 Å². The largest absolute Gasteiger partial charge is 0.505 e. The third-order valence-corrected chi connectivity index (χ3v) is 3.35. The summed E-state index contributed by atoms with van der Waals surface area (Å²) in [6.07, 6.45) is 0. The molecule has 0 aromatic heterocycles. The van der Waals surface area contributed by atoms with Crippen LogP contribution in [0.3, 0.4) is 0 Å². The summed E-state index contributed by atoms with van der Waals surface area (Å²) in [4.78, 5) is 23.0. The van der Waals surface area contributed by atoms with Crippen LogP contribution < -0.4 is 9.74 Å². The van der Waals surface area contributed by atoms with Crippen molar-refractivity contribution in [2.45, 2.75) is 26.2 Å². The molecular weight excluding hydrogens is 256 g/mol. The highest BCUT2D eigenvalue weighted by atomic mass is 35.5. The van der Waals surface area contributed by atoms with Crippen LogP contribution in [-0.2, 0) is 15.0 Å². The lowest BCUT2D eigenvalue weighted by Gasteiger charge is -2.18. The van der Waals surface area contributed by atoms with Crippen molar-refractivity contribution in [2.75, 3.05) is 9.74 Å². The molecule has 0 spiro atoms. The monoisotopic (exact) mass is 268 g/mol. The van der Waals surface area contributed by atoms with E-state index in [1.807, 2.05) is 0 Å². The van der Waals surface area contributed by atoms with Gasteiger partial charge in [0.05, 0.1) is 16.8 Å². The Morgan fingerprint density at radius 3 is 2.61 bits per heavy atom. The highest BCUT2D eigenvalue weighted by Gasteiger charge is 2.46. The average Bonchev–Trinajstić information content (AvgIpc) is 2.44. The van der Waals surface area contributed by atoms with E-state index in [-0.39, 0.29) is 23.3 Å². The molecule has 0 saturated heterocycles. The van der Waals surface area contributed by atoms with Crippen LogP contribution in [0.25, 0.3) is 0 Å². The third-order valence-electron chi connectivity index (χ3n) is 3.02. The molecule has 1 aromatic carbocycles. The Bertz CT molecular complexity index is 554. The minimum absolute atomic E-state index is 0.121. The maximum atomic E-state index is 12.0. The number of hydrogen-bond donors (Lipinski definition) is 2. The van der Waals surface area contributed by atoms with Crippen molar-refractivity contribution in [1.29, 1.82) is 0 Å². The van der Waals surface area contributed by atoms with Crippen LogP contribution in [-0.4, -0.2) is 16.9 Å². The molecule has 1 aromatic rings. The topological polar surface area (TPSA) is 69.6 Å². The van der Waals surface area contributed by atoms with E-state index in [4.69, 9.17) is 11.8 Å². The molecule has 0 saturated carbocycles. The summed E-state index contributed by atoms with van der Waals surface area (Å²) in [5.74, 6) is -0.728. The Kier molecular flexibility index (Phi) is 2.74. The zero-order valence-electron chi connectivity index (χ0n) is 10.2.